The van der Waals surface area contributed by atoms with Crippen LogP contribution in [0.5, 0.6) is 0 Å². The Morgan fingerprint density at radius 2 is 1.73 bits per heavy atom. The molecule has 1 aliphatic heterocycles. The summed E-state index contributed by atoms with van der Waals surface area (Å²) < 4.78 is 25.8. The van der Waals surface area contributed by atoms with E-state index in [0.29, 0.717) is 26.9 Å². The number of benzene rings is 3. The van der Waals surface area contributed by atoms with Gasteiger partial charge in [0.25, 0.3) is 11.8 Å². The third kappa shape index (κ3) is 7.85. The van der Waals surface area contributed by atoms with Crippen LogP contribution in [-0.4, -0.2) is 54.1 Å². The molecule has 1 saturated heterocycles. The van der Waals surface area contributed by atoms with Gasteiger partial charge >= 0.3 is 5.97 Å². The highest BCUT2D eigenvalue weighted by atomic mass is 35.5. The molecule has 3 aromatic carbocycles. The monoisotopic (exact) mass is 600 g/mol. The average Bonchev–Trinajstić information content (AvgIpc) is 2.90. The standard InChI is InChI=1S/C31H31Cl2FN2O5/c1-31(2,3)41-27(38)18-35(16-15-20-7-4-5-10-25(20)34)30(39)29-28(21-11-13-22(32)14-12-21)36(26(37)19-40-29)24-9-6-8-23(33)17-24/h4-14,17,28-29H,15-16,18-19H2,1-3H3/t28-,29-/m1/s1. The lowest BCUT2D eigenvalue weighted by atomic mass is 9.95. The molecule has 0 unspecified atom stereocenters. The van der Waals surface area contributed by atoms with Gasteiger partial charge in [0.1, 0.15) is 24.6 Å². The molecule has 10 heteroatoms. The maximum Gasteiger partial charge on any atom is 0.326 e. The quantitative estimate of drug-likeness (QED) is 0.296. The van der Waals surface area contributed by atoms with Crippen LogP contribution in [0.15, 0.2) is 72.8 Å². The molecule has 0 radical (unpaired) electrons. The lowest BCUT2D eigenvalue weighted by molar-refractivity contribution is -0.163. The van der Waals surface area contributed by atoms with E-state index in [2.05, 4.69) is 0 Å². The van der Waals surface area contributed by atoms with E-state index in [1.165, 1.54) is 15.9 Å². The van der Waals surface area contributed by atoms with Gasteiger partial charge in [0.15, 0.2) is 6.10 Å². The number of halogens is 3. The number of morpholine rings is 1. The van der Waals surface area contributed by atoms with Crippen molar-refractivity contribution in [3.8, 4) is 0 Å². The highest BCUT2D eigenvalue weighted by Crippen LogP contribution is 2.37. The molecular formula is C31H31Cl2FN2O5. The Balaban J connectivity index is 1.72. The van der Waals surface area contributed by atoms with E-state index in [9.17, 15) is 18.8 Å². The van der Waals surface area contributed by atoms with Crippen LogP contribution in [0, 0.1) is 5.82 Å². The molecule has 1 aliphatic rings. The molecule has 2 atom stereocenters. The van der Waals surface area contributed by atoms with E-state index >= 15 is 0 Å². The van der Waals surface area contributed by atoms with Gasteiger partial charge in [-0.25, -0.2) is 4.39 Å². The largest absolute Gasteiger partial charge is 0.459 e. The Morgan fingerprint density at radius 1 is 1.02 bits per heavy atom. The van der Waals surface area contributed by atoms with Crippen LogP contribution >= 0.6 is 23.2 Å². The van der Waals surface area contributed by atoms with Gasteiger partial charge in [-0.3, -0.25) is 19.3 Å². The summed E-state index contributed by atoms with van der Waals surface area (Å²) in [6.45, 7) is 4.43. The van der Waals surface area contributed by atoms with E-state index in [0.717, 1.165) is 0 Å². The van der Waals surface area contributed by atoms with E-state index in [-0.39, 0.29) is 32.0 Å². The molecule has 0 aromatic heterocycles. The fourth-order valence-electron chi connectivity index (χ4n) is 4.67. The van der Waals surface area contributed by atoms with Crippen molar-refractivity contribution in [1.82, 2.24) is 4.90 Å². The van der Waals surface area contributed by atoms with E-state index in [1.807, 2.05) is 0 Å². The van der Waals surface area contributed by atoms with Crippen LogP contribution in [0.4, 0.5) is 10.1 Å². The molecule has 2 amide bonds. The van der Waals surface area contributed by atoms with Gasteiger partial charge in [-0.15, -0.1) is 0 Å². The predicted molar refractivity (Wildman–Crippen MR) is 155 cm³/mol. The lowest BCUT2D eigenvalue weighted by Crippen LogP contribution is -2.56. The number of ether oxygens (including phenoxy) is 2. The second-order valence-electron chi connectivity index (χ2n) is 10.7. The Bertz CT molecular complexity index is 1410. The first kappa shape index (κ1) is 30.5. The van der Waals surface area contributed by atoms with Crippen molar-refractivity contribution >= 4 is 46.7 Å². The van der Waals surface area contributed by atoms with E-state index < -0.39 is 35.4 Å². The van der Waals surface area contributed by atoms with Crippen LogP contribution in [0.2, 0.25) is 10.0 Å². The van der Waals surface area contributed by atoms with Gasteiger partial charge in [0.2, 0.25) is 0 Å². The van der Waals surface area contributed by atoms with Crippen molar-refractivity contribution in [1.29, 1.82) is 0 Å². The third-order valence-electron chi connectivity index (χ3n) is 6.42. The van der Waals surface area contributed by atoms with Crippen molar-refractivity contribution in [3.63, 3.8) is 0 Å². The highest BCUT2D eigenvalue weighted by molar-refractivity contribution is 6.31. The minimum absolute atomic E-state index is 0.0112. The first-order chi connectivity index (χ1) is 19.4. The van der Waals surface area contributed by atoms with Gasteiger partial charge in [0, 0.05) is 22.3 Å². The maximum atomic E-state index is 14.4. The summed E-state index contributed by atoms with van der Waals surface area (Å²) in [5, 5.41) is 0.890. The number of esters is 1. The Kier molecular flexibility index (Phi) is 9.68. The molecule has 0 aliphatic carbocycles. The molecule has 3 aromatic rings. The molecule has 7 nitrogen and oxygen atoms in total. The minimum atomic E-state index is -1.20. The van der Waals surface area contributed by atoms with Gasteiger partial charge in [-0.2, -0.15) is 0 Å². The Morgan fingerprint density at radius 3 is 2.39 bits per heavy atom. The van der Waals surface area contributed by atoms with Crippen LogP contribution in [0.25, 0.3) is 0 Å². The summed E-state index contributed by atoms with van der Waals surface area (Å²) in [6, 6.07) is 18.8. The van der Waals surface area contributed by atoms with E-state index in [4.69, 9.17) is 32.7 Å². The molecule has 0 bridgehead atoms. The zero-order valence-electron chi connectivity index (χ0n) is 23.0. The van der Waals surface area contributed by atoms with Crippen molar-refractivity contribution in [2.75, 3.05) is 24.6 Å². The zero-order chi connectivity index (χ0) is 29.7. The SMILES string of the molecule is CC(C)(C)OC(=O)CN(CCc1ccccc1F)C(=O)[C@@H]1OCC(=O)N(c2cccc(Cl)c2)[C@@H]1c1ccc(Cl)cc1. The molecule has 216 valence electrons. The second-order valence-corrected chi connectivity index (χ2v) is 11.5. The minimum Gasteiger partial charge on any atom is -0.459 e. The van der Waals surface area contributed by atoms with Crippen LogP contribution in [0.1, 0.15) is 37.9 Å². The Labute approximate surface area is 248 Å². The number of hydrogen-bond donors (Lipinski definition) is 0. The van der Waals surface area contributed by atoms with Gasteiger partial charge in [-0.1, -0.05) is 59.6 Å². The van der Waals surface area contributed by atoms with Crippen molar-refractivity contribution in [3.05, 3.63) is 99.8 Å². The smallest absolute Gasteiger partial charge is 0.326 e. The van der Waals surface area contributed by atoms with E-state index in [1.54, 1.807) is 87.5 Å². The summed E-state index contributed by atoms with van der Waals surface area (Å²) in [5.41, 5.74) is 0.685. The molecule has 4 rings (SSSR count). The summed E-state index contributed by atoms with van der Waals surface area (Å²) in [6.07, 6.45) is -1.05. The first-order valence-corrected chi connectivity index (χ1v) is 13.9. The first-order valence-electron chi connectivity index (χ1n) is 13.1. The highest BCUT2D eigenvalue weighted by Gasteiger charge is 2.44. The predicted octanol–water partition coefficient (Wildman–Crippen LogP) is 6.02. The van der Waals surface area contributed by atoms with Crippen molar-refractivity contribution in [2.24, 2.45) is 0 Å². The van der Waals surface area contributed by atoms with Gasteiger partial charge < -0.3 is 14.4 Å². The number of carbonyl (C=O) groups excluding carboxylic acids is 3. The Hall–Kier alpha value is -3.46. The molecule has 41 heavy (non-hydrogen) atoms. The summed E-state index contributed by atoms with van der Waals surface area (Å²) in [5.74, 6) is -1.96. The third-order valence-corrected chi connectivity index (χ3v) is 6.91. The average molecular weight is 602 g/mol. The van der Waals surface area contributed by atoms with Crippen LogP contribution in [0.3, 0.4) is 0 Å². The second kappa shape index (κ2) is 13.0. The molecule has 1 heterocycles. The summed E-state index contributed by atoms with van der Waals surface area (Å²) >= 11 is 12.4. The number of nitrogens with zero attached hydrogens (tertiary/aromatic N) is 2. The maximum absolute atomic E-state index is 14.4. The number of hydrogen-bond acceptors (Lipinski definition) is 5. The van der Waals surface area contributed by atoms with Crippen molar-refractivity contribution < 1.29 is 28.2 Å². The summed E-state index contributed by atoms with van der Waals surface area (Å²) in [4.78, 5) is 43.1. The molecule has 0 spiro atoms. The van der Waals surface area contributed by atoms with Crippen molar-refractivity contribution in [2.45, 2.75) is 44.9 Å². The topological polar surface area (TPSA) is 76.1 Å². The zero-order valence-corrected chi connectivity index (χ0v) is 24.5. The van der Waals surface area contributed by atoms with Gasteiger partial charge in [0.05, 0.1) is 6.04 Å². The summed E-state index contributed by atoms with van der Waals surface area (Å²) in [7, 11) is 0. The fraction of sp³-hybridized carbons (Fsp3) is 0.323. The molecule has 0 N–H and O–H groups in total. The number of rotatable bonds is 8. The molecule has 0 saturated carbocycles. The molecule has 1 fully saturated rings. The number of amides is 2. The molecular weight excluding hydrogens is 570 g/mol. The van der Waals surface area contributed by atoms with Crippen LogP contribution in [-0.2, 0) is 30.3 Å². The number of carbonyl (C=O) groups is 3. The number of anilines is 1. The fourth-order valence-corrected chi connectivity index (χ4v) is 4.98. The lowest BCUT2D eigenvalue weighted by Gasteiger charge is -2.42. The van der Waals surface area contributed by atoms with Gasteiger partial charge in [-0.05, 0) is 74.7 Å². The normalized spacial score (nSPS) is 17.3. The van der Waals surface area contributed by atoms with Crippen LogP contribution < -0.4 is 4.90 Å².